The van der Waals surface area contributed by atoms with Crippen LogP contribution >= 0.6 is 11.3 Å². The van der Waals surface area contributed by atoms with Gasteiger partial charge in [0.1, 0.15) is 17.3 Å². The molecular formula is C18H18N2O3S. The largest absolute Gasteiger partial charge is 0.494 e. The van der Waals surface area contributed by atoms with Crippen molar-refractivity contribution in [1.82, 2.24) is 4.98 Å². The van der Waals surface area contributed by atoms with Crippen LogP contribution < -0.4 is 10.1 Å². The number of hydrogen-bond donors (Lipinski definition) is 1. The molecule has 1 aromatic carbocycles. The van der Waals surface area contributed by atoms with Crippen LogP contribution in [0.1, 0.15) is 28.8 Å². The number of rotatable bonds is 5. The first-order valence-electron chi connectivity index (χ1n) is 7.64. The zero-order valence-corrected chi connectivity index (χ0v) is 14.6. The van der Waals surface area contributed by atoms with Gasteiger partial charge in [-0.2, -0.15) is 0 Å². The van der Waals surface area contributed by atoms with Gasteiger partial charge in [0, 0.05) is 10.9 Å². The Morgan fingerprint density at radius 2 is 2.04 bits per heavy atom. The summed E-state index contributed by atoms with van der Waals surface area (Å²) >= 11 is 1.39. The van der Waals surface area contributed by atoms with Crippen LogP contribution in [-0.4, -0.2) is 17.5 Å². The Kier molecular flexibility index (Phi) is 4.66. The van der Waals surface area contributed by atoms with Crippen LogP contribution in [0.15, 0.2) is 40.1 Å². The number of anilines is 1. The van der Waals surface area contributed by atoms with E-state index in [0.717, 1.165) is 17.0 Å². The highest BCUT2D eigenvalue weighted by Gasteiger charge is 2.15. The summed E-state index contributed by atoms with van der Waals surface area (Å²) in [6.07, 6.45) is 0. The Balaban J connectivity index is 1.73. The number of nitrogens with zero attached hydrogens (tertiary/aromatic N) is 1. The number of aryl methyl sites for hydroxylation is 2. The van der Waals surface area contributed by atoms with E-state index in [0.29, 0.717) is 28.8 Å². The summed E-state index contributed by atoms with van der Waals surface area (Å²) in [5.74, 6) is 1.94. The van der Waals surface area contributed by atoms with E-state index in [1.807, 2.05) is 43.5 Å². The molecule has 0 spiro atoms. The van der Waals surface area contributed by atoms with Gasteiger partial charge in [-0.15, -0.1) is 11.3 Å². The van der Waals surface area contributed by atoms with Gasteiger partial charge in [0.2, 0.25) is 0 Å². The first-order chi connectivity index (χ1) is 11.6. The third kappa shape index (κ3) is 3.49. The number of benzene rings is 1. The van der Waals surface area contributed by atoms with E-state index in [4.69, 9.17) is 9.15 Å². The molecule has 1 N–H and O–H groups in total. The van der Waals surface area contributed by atoms with E-state index >= 15 is 0 Å². The summed E-state index contributed by atoms with van der Waals surface area (Å²) < 4.78 is 10.8. The Morgan fingerprint density at radius 3 is 2.67 bits per heavy atom. The van der Waals surface area contributed by atoms with E-state index < -0.39 is 0 Å². The van der Waals surface area contributed by atoms with Crippen molar-refractivity contribution in [3.8, 4) is 17.0 Å². The van der Waals surface area contributed by atoms with Gasteiger partial charge < -0.3 is 9.15 Å². The van der Waals surface area contributed by atoms with Crippen LogP contribution in [0.4, 0.5) is 5.13 Å². The molecule has 5 nitrogen and oxygen atoms in total. The molecule has 0 aliphatic carbocycles. The number of thiazole rings is 1. The molecule has 6 heteroatoms. The summed E-state index contributed by atoms with van der Waals surface area (Å²) in [4.78, 5) is 16.8. The van der Waals surface area contributed by atoms with Crippen molar-refractivity contribution in [1.29, 1.82) is 0 Å². The number of carbonyl (C=O) groups is 1. The number of furan rings is 1. The topological polar surface area (TPSA) is 64.4 Å². The smallest absolute Gasteiger partial charge is 0.260 e. The van der Waals surface area contributed by atoms with Crippen molar-refractivity contribution in [3.63, 3.8) is 0 Å². The summed E-state index contributed by atoms with van der Waals surface area (Å²) in [5.41, 5.74) is 2.33. The number of aromatic nitrogens is 1. The molecule has 3 rings (SSSR count). The number of hydrogen-bond acceptors (Lipinski definition) is 5. The van der Waals surface area contributed by atoms with E-state index in [1.54, 1.807) is 13.0 Å². The first kappa shape index (κ1) is 16.3. The molecule has 2 heterocycles. The first-order valence-corrected chi connectivity index (χ1v) is 8.52. The lowest BCUT2D eigenvalue weighted by Gasteiger charge is -2.03. The van der Waals surface area contributed by atoms with Gasteiger partial charge in [-0.1, -0.05) is 0 Å². The second-order valence-corrected chi connectivity index (χ2v) is 6.13. The monoisotopic (exact) mass is 342 g/mol. The van der Waals surface area contributed by atoms with E-state index in [2.05, 4.69) is 10.3 Å². The Labute approximate surface area is 144 Å². The second kappa shape index (κ2) is 6.88. The van der Waals surface area contributed by atoms with Crippen LogP contribution in [0.2, 0.25) is 0 Å². The van der Waals surface area contributed by atoms with Crippen molar-refractivity contribution in [2.24, 2.45) is 0 Å². The third-order valence-electron chi connectivity index (χ3n) is 3.47. The van der Waals surface area contributed by atoms with Crippen LogP contribution in [0, 0.1) is 13.8 Å². The summed E-state index contributed by atoms with van der Waals surface area (Å²) in [5, 5.41) is 5.29. The maximum Gasteiger partial charge on any atom is 0.260 e. The second-order valence-electron chi connectivity index (χ2n) is 5.28. The fourth-order valence-corrected chi connectivity index (χ4v) is 3.09. The van der Waals surface area contributed by atoms with Crippen molar-refractivity contribution in [2.45, 2.75) is 20.8 Å². The highest BCUT2D eigenvalue weighted by atomic mass is 32.1. The van der Waals surface area contributed by atoms with E-state index in [1.165, 1.54) is 11.3 Å². The highest BCUT2D eigenvalue weighted by Crippen LogP contribution is 2.27. The molecule has 24 heavy (non-hydrogen) atoms. The zero-order valence-electron chi connectivity index (χ0n) is 13.8. The molecule has 1 amide bonds. The van der Waals surface area contributed by atoms with Crippen LogP contribution in [0.25, 0.3) is 11.3 Å². The molecule has 0 unspecified atom stereocenters. The Bertz CT molecular complexity index is 850. The van der Waals surface area contributed by atoms with Gasteiger partial charge in [-0.05, 0) is 51.1 Å². The predicted molar refractivity (Wildman–Crippen MR) is 94.9 cm³/mol. The predicted octanol–water partition coefficient (Wildman–Crippen LogP) is 4.67. The third-order valence-corrected chi connectivity index (χ3v) is 4.23. The van der Waals surface area contributed by atoms with Crippen LogP contribution in [0.5, 0.6) is 5.75 Å². The molecule has 0 aliphatic heterocycles. The molecule has 0 bridgehead atoms. The van der Waals surface area contributed by atoms with Crippen molar-refractivity contribution in [3.05, 3.63) is 52.8 Å². The molecule has 0 saturated heterocycles. The normalized spacial score (nSPS) is 10.6. The van der Waals surface area contributed by atoms with Gasteiger partial charge in [-0.3, -0.25) is 10.1 Å². The lowest BCUT2D eigenvalue weighted by atomic mass is 10.2. The van der Waals surface area contributed by atoms with Crippen LogP contribution in [0.3, 0.4) is 0 Å². The minimum absolute atomic E-state index is 0.211. The van der Waals surface area contributed by atoms with Crippen molar-refractivity contribution in [2.75, 3.05) is 11.9 Å². The van der Waals surface area contributed by atoms with Crippen LogP contribution in [-0.2, 0) is 0 Å². The van der Waals surface area contributed by atoms with Gasteiger partial charge >= 0.3 is 0 Å². The Morgan fingerprint density at radius 1 is 1.29 bits per heavy atom. The summed E-state index contributed by atoms with van der Waals surface area (Å²) in [7, 11) is 0. The summed E-state index contributed by atoms with van der Waals surface area (Å²) in [6, 6.07) is 9.46. The van der Waals surface area contributed by atoms with Crippen molar-refractivity contribution >= 4 is 22.4 Å². The van der Waals surface area contributed by atoms with Gasteiger partial charge in [0.05, 0.1) is 17.9 Å². The molecule has 124 valence electrons. The molecular weight excluding hydrogens is 324 g/mol. The SMILES string of the molecule is CCOc1ccc(-c2csc(NC(=O)c3cc(C)oc3C)n2)cc1. The van der Waals surface area contributed by atoms with Crippen molar-refractivity contribution < 1.29 is 13.9 Å². The molecule has 0 aliphatic rings. The standard InChI is InChI=1S/C18H18N2O3S/c1-4-22-14-7-5-13(6-8-14)16-10-24-18(19-16)20-17(21)15-9-11(2)23-12(15)3/h5-10H,4H2,1-3H3,(H,19,20,21). The molecule has 0 radical (unpaired) electrons. The van der Waals surface area contributed by atoms with Gasteiger partial charge in [0.25, 0.3) is 5.91 Å². The van der Waals surface area contributed by atoms with Gasteiger partial charge in [-0.25, -0.2) is 4.98 Å². The van der Waals surface area contributed by atoms with Gasteiger partial charge in [0.15, 0.2) is 5.13 Å². The number of amides is 1. The fourth-order valence-electron chi connectivity index (χ4n) is 2.37. The quantitative estimate of drug-likeness (QED) is 0.732. The maximum absolute atomic E-state index is 12.3. The van der Waals surface area contributed by atoms with E-state index in [-0.39, 0.29) is 5.91 Å². The minimum atomic E-state index is -0.211. The zero-order chi connectivity index (χ0) is 17.1. The lowest BCUT2D eigenvalue weighted by Crippen LogP contribution is -2.11. The maximum atomic E-state index is 12.3. The average Bonchev–Trinajstić information content (AvgIpc) is 3.15. The number of nitrogens with one attached hydrogen (secondary N) is 1. The van der Waals surface area contributed by atoms with E-state index in [9.17, 15) is 4.79 Å². The summed E-state index contributed by atoms with van der Waals surface area (Å²) in [6.45, 7) is 6.18. The number of ether oxygens (including phenoxy) is 1. The average molecular weight is 342 g/mol. The fraction of sp³-hybridized carbons (Fsp3) is 0.222. The molecule has 0 fully saturated rings. The number of carbonyl (C=O) groups excluding carboxylic acids is 1. The minimum Gasteiger partial charge on any atom is -0.494 e. The molecule has 2 aromatic heterocycles. The molecule has 0 atom stereocenters. The molecule has 0 saturated carbocycles. The Hall–Kier alpha value is -2.60. The highest BCUT2D eigenvalue weighted by molar-refractivity contribution is 7.14. The lowest BCUT2D eigenvalue weighted by molar-refractivity contribution is 0.102. The molecule has 3 aromatic rings.